The first kappa shape index (κ1) is 19.2. The van der Waals surface area contributed by atoms with Crippen molar-refractivity contribution in [1.29, 1.82) is 5.26 Å². The maximum atomic E-state index is 12.5. The van der Waals surface area contributed by atoms with Crippen molar-refractivity contribution in [1.82, 2.24) is 4.90 Å². The van der Waals surface area contributed by atoms with Crippen LogP contribution in [0.3, 0.4) is 0 Å². The van der Waals surface area contributed by atoms with Crippen LogP contribution in [0, 0.1) is 11.3 Å². The number of ether oxygens (including phenoxy) is 2. The topological polar surface area (TPSA) is 62.6 Å². The third-order valence-electron chi connectivity index (χ3n) is 4.15. The zero-order chi connectivity index (χ0) is 19.1. The Morgan fingerprint density at radius 3 is 2.63 bits per heavy atom. The second kappa shape index (κ2) is 9.36. The number of rotatable bonds is 5. The van der Waals surface area contributed by atoms with Crippen molar-refractivity contribution in [3.8, 4) is 11.8 Å². The molecule has 3 rings (SSSR count). The minimum absolute atomic E-state index is 0.113. The van der Waals surface area contributed by atoms with Gasteiger partial charge >= 0.3 is 0 Å². The molecule has 1 aliphatic heterocycles. The lowest BCUT2D eigenvalue weighted by Gasteiger charge is -2.26. The number of benzene rings is 2. The van der Waals surface area contributed by atoms with E-state index in [1.807, 2.05) is 54.6 Å². The molecule has 0 atom stereocenters. The molecule has 0 unspecified atom stereocenters. The summed E-state index contributed by atoms with van der Waals surface area (Å²) in [5.41, 5.74) is 1.95. The maximum Gasteiger partial charge on any atom is 0.264 e. The van der Waals surface area contributed by atoms with Gasteiger partial charge in [0.05, 0.1) is 17.7 Å². The molecular formula is C21H19BrN2O3. The van der Waals surface area contributed by atoms with Crippen molar-refractivity contribution in [2.24, 2.45) is 0 Å². The average molecular weight is 427 g/mol. The smallest absolute Gasteiger partial charge is 0.264 e. The molecule has 1 aliphatic rings. The van der Waals surface area contributed by atoms with Crippen LogP contribution in [0.1, 0.15) is 11.1 Å². The number of hydrogen-bond acceptors (Lipinski definition) is 4. The zero-order valence-corrected chi connectivity index (χ0v) is 16.3. The van der Waals surface area contributed by atoms with E-state index in [0.29, 0.717) is 38.7 Å². The number of hydrogen-bond donors (Lipinski definition) is 0. The summed E-state index contributed by atoms with van der Waals surface area (Å²) in [6.45, 7) is 2.49. The van der Waals surface area contributed by atoms with Crippen LogP contribution >= 0.6 is 15.9 Å². The lowest BCUT2D eigenvalue weighted by atomic mass is 10.1. The summed E-state index contributed by atoms with van der Waals surface area (Å²) in [5.74, 6) is 0.440. The van der Waals surface area contributed by atoms with Crippen molar-refractivity contribution < 1.29 is 14.3 Å². The summed E-state index contributed by atoms with van der Waals surface area (Å²) in [6.07, 6.45) is 1.60. The standard InChI is InChI=1S/C21H19BrN2O3/c22-19-13-17(6-7-20(19)27-15-16-4-2-1-3-5-16)12-18(14-23)21(25)24-8-10-26-11-9-24/h1-7,12-13H,8-11,15H2. The molecule has 2 aromatic carbocycles. The summed E-state index contributed by atoms with van der Waals surface area (Å²) >= 11 is 3.50. The molecule has 0 N–H and O–H groups in total. The molecule has 0 aromatic heterocycles. The molecule has 0 spiro atoms. The lowest BCUT2D eigenvalue weighted by molar-refractivity contribution is -0.130. The van der Waals surface area contributed by atoms with E-state index in [4.69, 9.17) is 9.47 Å². The molecule has 0 aliphatic carbocycles. The van der Waals surface area contributed by atoms with E-state index in [0.717, 1.165) is 15.6 Å². The van der Waals surface area contributed by atoms with Crippen molar-refractivity contribution >= 4 is 27.9 Å². The SMILES string of the molecule is N#CC(=Cc1ccc(OCc2ccccc2)c(Br)c1)C(=O)N1CCOCC1. The van der Waals surface area contributed by atoms with Crippen LogP contribution in [0.4, 0.5) is 0 Å². The van der Waals surface area contributed by atoms with Crippen LogP contribution in [0.5, 0.6) is 5.75 Å². The molecule has 0 bridgehead atoms. The fraction of sp³-hybridized carbons (Fsp3) is 0.238. The van der Waals surface area contributed by atoms with Gasteiger partial charge in [0.2, 0.25) is 0 Å². The molecule has 5 nitrogen and oxygen atoms in total. The van der Waals surface area contributed by atoms with Gasteiger partial charge in [-0.05, 0) is 45.3 Å². The highest BCUT2D eigenvalue weighted by Crippen LogP contribution is 2.28. The minimum Gasteiger partial charge on any atom is -0.488 e. The first-order valence-corrected chi connectivity index (χ1v) is 9.42. The van der Waals surface area contributed by atoms with Crippen LogP contribution in [0.2, 0.25) is 0 Å². The summed E-state index contributed by atoms with van der Waals surface area (Å²) in [7, 11) is 0. The highest BCUT2D eigenvalue weighted by atomic mass is 79.9. The van der Waals surface area contributed by atoms with Crippen molar-refractivity contribution in [2.45, 2.75) is 6.61 Å². The zero-order valence-electron chi connectivity index (χ0n) is 14.7. The Bertz CT molecular complexity index is 869. The molecule has 1 fully saturated rings. The van der Waals surface area contributed by atoms with Gasteiger partial charge in [0.15, 0.2) is 0 Å². The molecule has 6 heteroatoms. The Morgan fingerprint density at radius 2 is 1.96 bits per heavy atom. The second-order valence-electron chi connectivity index (χ2n) is 6.04. The maximum absolute atomic E-state index is 12.5. The third kappa shape index (κ3) is 5.19. The number of carbonyl (C=O) groups excluding carboxylic acids is 1. The van der Waals surface area contributed by atoms with Gasteiger partial charge in [-0.2, -0.15) is 5.26 Å². The minimum atomic E-state index is -0.263. The van der Waals surface area contributed by atoms with E-state index in [-0.39, 0.29) is 11.5 Å². The van der Waals surface area contributed by atoms with Crippen molar-refractivity contribution in [3.63, 3.8) is 0 Å². The molecule has 0 radical (unpaired) electrons. The van der Waals surface area contributed by atoms with E-state index < -0.39 is 0 Å². The van der Waals surface area contributed by atoms with Gasteiger partial charge < -0.3 is 14.4 Å². The summed E-state index contributed by atoms with van der Waals surface area (Å²) in [6, 6.07) is 17.4. The lowest BCUT2D eigenvalue weighted by Crippen LogP contribution is -2.41. The Hall–Kier alpha value is -2.62. The van der Waals surface area contributed by atoms with Crippen LogP contribution in [-0.4, -0.2) is 37.1 Å². The van der Waals surface area contributed by atoms with Crippen molar-refractivity contribution in [2.75, 3.05) is 26.3 Å². The van der Waals surface area contributed by atoms with Gasteiger partial charge in [-0.1, -0.05) is 36.4 Å². The van der Waals surface area contributed by atoms with E-state index in [9.17, 15) is 10.1 Å². The monoisotopic (exact) mass is 426 g/mol. The van der Waals surface area contributed by atoms with Crippen LogP contribution in [0.15, 0.2) is 58.6 Å². The van der Waals surface area contributed by atoms with E-state index in [2.05, 4.69) is 15.9 Å². The van der Waals surface area contributed by atoms with Crippen LogP contribution in [-0.2, 0) is 16.1 Å². The fourth-order valence-electron chi connectivity index (χ4n) is 2.70. The molecule has 1 heterocycles. The fourth-order valence-corrected chi connectivity index (χ4v) is 3.22. The van der Waals surface area contributed by atoms with E-state index >= 15 is 0 Å². The third-order valence-corrected chi connectivity index (χ3v) is 4.77. The summed E-state index contributed by atoms with van der Waals surface area (Å²) in [5, 5.41) is 9.39. The molecule has 2 aromatic rings. The van der Waals surface area contributed by atoms with Gasteiger partial charge in [0.1, 0.15) is 24.0 Å². The normalized spacial score (nSPS) is 14.5. The molecule has 1 saturated heterocycles. The van der Waals surface area contributed by atoms with Gasteiger partial charge in [-0.25, -0.2) is 0 Å². The van der Waals surface area contributed by atoms with Gasteiger partial charge in [-0.3, -0.25) is 4.79 Å². The molecule has 1 amide bonds. The van der Waals surface area contributed by atoms with Gasteiger partial charge in [-0.15, -0.1) is 0 Å². The Balaban J connectivity index is 1.70. The highest BCUT2D eigenvalue weighted by molar-refractivity contribution is 9.10. The number of carbonyl (C=O) groups is 1. The molecule has 138 valence electrons. The predicted molar refractivity (Wildman–Crippen MR) is 106 cm³/mol. The Kier molecular flexibility index (Phi) is 6.64. The number of nitriles is 1. The van der Waals surface area contributed by atoms with E-state index in [1.165, 1.54) is 0 Å². The quantitative estimate of drug-likeness (QED) is 0.538. The average Bonchev–Trinajstić information content (AvgIpc) is 2.72. The second-order valence-corrected chi connectivity index (χ2v) is 6.89. The Labute approximate surface area is 166 Å². The van der Waals surface area contributed by atoms with Crippen LogP contribution in [0.25, 0.3) is 6.08 Å². The number of amides is 1. The van der Waals surface area contributed by atoms with Crippen LogP contribution < -0.4 is 4.74 Å². The first-order valence-electron chi connectivity index (χ1n) is 8.62. The molecule has 0 saturated carbocycles. The number of halogens is 1. The molecular weight excluding hydrogens is 408 g/mol. The van der Waals surface area contributed by atoms with Gasteiger partial charge in [0, 0.05) is 13.1 Å². The predicted octanol–water partition coefficient (Wildman–Crippen LogP) is 3.79. The van der Waals surface area contributed by atoms with Gasteiger partial charge in [0.25, 0.3) is 5.91 Å². The summed E-state index contributed by atoms with van der Waals surface area (Å²) in [4.78, 5) is 14.1. The molecule has 27 heavy (non-hydrogen) atoms. The van der Waals surface area contributed by atoms with Crippen molar-refractivity contribution in [3.05, 3.63) is 69.7 Å². The number of morpholine rings is 1. The summed E-state index contributed by atoms with van der Waals surface area (Å²) < 4.78 is 11.8. The largest absolute Gasteiger partial charge is 0.488 e. The Morgan fingerprint density at radius 1 is 1.22 bits per heavy atom. The first-order chi connectivity index (χ1) is 13.2. The number of nitrogens with zero attached hydrogens (tertiary/aromatic N) is 2. The van der Waals surface area contributed by atoms with E-state index in [1.54, 1.807) is 11.0 Å². The highest BCUT2D eigenvalue weighted by Gasteiger charge is 2.20.